The molecule has 0 amide bonds. The number of hydrogen-bond donors (Lipinski definition) is 3. The van der Waals surface area contributed by atoms with Crippen LogP contribution >= 0.6 is 7.82 Å². The Morgan fingerprint density at radius 3 is 2.30 bits per heavy atom. The molecule has 318 valence electrons. The minimum Gasteiger partial charge on any atom is -0.466 e. The second kappa shape index (κ2) is 28.5. The van der Waals surface area contributed by atoms with Crippen LogP contribution in [0.5, 0.6) is 0 Å². The molecule has 0 aliphatic heterocycles. The van der Waals surface area contributed by atoms with Gasteiger partial charge in [-0.3, -0.25) is 23.4 Å². The molecular formula is C43H70NO11P. The molecule has 0 spiro atoms. The normalized spacial score (nSPS) is 17.9. The summed E-state index contributed by atoms with van der Waals surface area (Å²) < 4.78 is 38.9. The molecule has 0 radical (unpaired) electrons. The lowest BCUT2D eigenvalue weighted by molar-refractivity contribution is -0.161. The van der Waals surface area contributed by atoms with Crippen molar-refractivity contribution in [3.05, 3.63) is 59.1 Å². The fourth-order valence-corrected chi connectivity index (χ4v) is 7.26. The van der Waals surface area contributed by atoms with Crippen LogP contribution in [0, 0.1) is 25.7 Å². The molecule has 1 aliphatic carbocycles. The number of allylic oxidation sites excluding steroid dienone is 5. The van der Waals surface area contributed by atoms with Crippen LogP contribution in [0.15, 0.2) is 40.9 Å². The number of phosphoric ester groups is 1. The number of aliphatic hydroxyl groups excluding tert-OH is 1. The van der Waals surface area contributed by atoms with Crippen molar-refractivity contribution >= 4 is 25.5 Å². The molecule has 0 saturated heterocycles. The predicted octanol–water partition coefficient (Wildman–Crippen LogP) is 8.65. The molecule has 5 atom stereocenters. The highest BCUT2D eigenvalue weighted by atomic mass is 31.2. The Bertz CT molecular complexity index is 1430. The monoisotopic (exact) mass is 807 g/mol. The summed E-state index contributed by atoms with van der Waals surface area (Å²) in [5, 5.41) is 10.2. The van der Waals surface area contributed by atoms with Gasteiger partial charge in [-0.05, 0) is 81.9 Å². The molecule has 0 aromatic carbocycles. The molecule has 56 heavy (non-hydrogen) atoms. The van der Waals surface area contributed by atoms with Crippen LogP contribution < -0.4 is 5.73 Å². The smallest absolute Gasteiger partial charge is 0.466 e. The van der Waals surface area contributed by atoms with E-state index in [1.165, 1.54) is 11.1 Å². The van der Waals surface area contributed by atoms with Gasteiger partial charge in [0.1, 0.15) is 18.1 Å². The first kappa shape index (κ1) is 49.3. The topological polar surface area (TPSA) is 185 Å². The van der Waals surface area contributed by atoms with Crippen LogP contribution in [0.1, 0.15) is 139 Å². The SMILES string of the molecule is CCCCC[C@H](O)/C=C/[C@H]1C(=O)C=C[C@@H]1C/C=C\CCCC(=O)OC[C@H](COP(=O)(O)OCCN)OC(=O)CCCCCCCCc1oc(CCC)c(C)c1C. The second-order valence-electron chi connectivity index (χ2n) is 14.7. The van der Waals surface area contributed by atoms with Gasteiger partial charge in [-0.2, -0.15) is 0 Å². The van der Waals surface area contributed by atoms with Gasteiger partial charge in [-0.25, -0.2) is 4.57 Å². The van der Waals surface area contributed by atoms with Gasteiger partial charge in [0.15, 0.2) is 11.9 Å². The number of carbonyl (C=O) groups excluding carboxylic acids is 3. The molecule has 1 aliphatic rings. The van der Waals surface area contributed by atoms with Crippen molar-refractivity contribution in [1.29, 1.82) is 0 Å². The molecule has 1 heterocycles. The quantitative estimate of drug-likeness (QED) is 0.0273. The second-order valence-corrected chi connectivity index (χ2v) is 16.2. The summed E-state index contributed by atoms with van der Waals surface area (Å²) in [6.45, 7) is 7.52. The number of unbranched alkanes of at least 4 members (excludes halogenated alkanes) is 8. The number of esters is 2. The first-order valence-corrected chi connectivity index (χ1v) is 22.4. The summed E-state index contributed by atoms with van der Waals surface area (Å²) in [5.74, 6) is 0.962. The highest BCUT2D eigenvalue weighted by Gasteiger charge is 2.28. The summed E-state index contributed by atoms with van der Waals surface area (Å²) in [6, 6.07) is 0. The van der Waals surface area contributed by atoms with Crippen molar-refractivity contribution in [2.24, 2.45) is 17.6 Å². The van der Waals surface area contributed by atoms with E-state index < -0.39 is 38.6 Å². The number of ether oxygens (including phenoxy) is 2. The van der Waals surface area contributed by atoms with E-state index in [1.54, 1.807) is 12.2 Å². The zero-order chi connectivity index (χ0) is 41.2. The van der Waals surface area contributed by atoms with Crippen molar-refractivity contribution in [2.45, 2.75) is 155 Å². The summed E-state index contributed by atoms with van der Waals surface area (Å²) in [7, 11) is -4.44. The van der Waals surface area contributed by atoms with E-state index in [9.17, 15) is 28.9 Å². The van der Waals surface area contributed by atoms with Crippen LogP contribution in [0.2, 0.25) is 0 Å². The van der Waals surface area contributed by atoms with Gasteiger partial charge in [0.2, 0.25) is 0 Å². The van der Waals surface area contributed by atoms with Gasteiger partial charge >= 0.3 is 19.8 Å². The Hall–Kier alpha value is -2.86. The van der Waals surface area contributed by atoms with E-state index in [-0.39, 0.29) is 50.2 Å². The maximum absolute atomic E-state index is 12.7. The minimum atomic E-state index is -4.44. The van der Waals surface area contributed by atoms with Crippen LogP contribution in [0.3, 0.4) is 0 Å². The summed E-state index contributed by atoms with van der Waals surface area (Å²) in [5.41, 5.74) is 7.88. The van der Waals surface area contributed by atoms with Crippen LogP contribution in [-0.4, -0.2) is 66.3 Å². The van der Waals surface area contributed by atoms with Crippen molar-refractivity contribution in [2.75, 3.05) is 26.4 Å². The number of rotatable bonds is 32. The third-order valence-electron chi connectivity index (χ3n) is 9.95. The first-order valence-electron chi connectivity index (χ1n) is 20.9. The number of carbonyl (C=O) groups is 3. The van der Waals surface area contributed by atoms with E-state index in [4.69, 9.17) is 28.7 Å². The number of aryl methyl sites for hydroxylation is 2. The molecule has 13 heteroatoms. The third kappa shape index (κ3) is 20.5. The van der Waals surface area contributed by atoms with E-state index in [0.717, 1.165) is 82.1 Å². The maximum Gasteiger partial charge on any atom is 0.472 e. The zero-order valence-electron chi connectivity index (χ0n) is 34.4. The molecular weight excluding hydrogens is 737 g/mol. The lowest BCUT2D eigenvalue weighted by Crippen LogP contribution is -2.29. The highest BCUT2D eigenvalue weighted by molar-refractivity contribution is 7.47. The molecule has 1 aromatic heterocycles. The molecule has 1 unspecified atom stereocenters. The first-order chi connectivity index (χ1) is 26.9. The van der Waals surface area contributed by atoms with Crippen LogP contribution in [0.4, 0.5) is 0 Å². The van der Waals surface area contributed by atoms with E-state index in [2.05, 4.69) is 27.7 Å². The maximum atomic E-state index is 12.7. The van der Waals surface area contributed by atoms with Gasteiger partial charge in [0.05, 0.1) is 19.3 Å². The number of furan rings is 1. The Morgan fingerprint density at radius 2 is 1.59 bits per heavy atom. The molecule has 2 rings (SSSR count). The van der Waals surface area contributed by atoms with Gasteiger partial charge in [-0.15, -0.1) is 0 Å². The Morgan fingerprint density at radius 1 is 0.893 bits per heavy atom. The van der Waals surface area contributed by atoms with E-state index in [0.29, 0.717) is 32.1 Å². The highest BCUT2D eigenvalue weighted by Crippen LogP contribution is 2.43. The Kier molecular flexibility index (Phi) is 25.1. The predicted molar refractivity (Wildman–Crippen MR) is 218 cm³/mol. The minimum absolute atomic E-state index is 0.0157. The van der Waals surface area contributed by atoms with Crippen LogP contribution in [-0.2, 0) is 50.3 Å². The molecule has 0 bridgehead atoms. The van der Waals surface area contributed by atoms with Crippen molar-refractivity contribution in [3.8, 4) is 0 Å². The number of ketones is 1. The third-order valence-corrected chi connectivity index (χ3v) is 10.9. The number of nitrogens with two attached hydrogens (primary N) is 1. The summed E-state index contributed by atoms with van der Waals surface area (Å²) in [4.78, 5) is 47.4. The fraction of sp³-hybridized carbons (Fsp3) is 0.698. The number of phosphoric acid groups is 1. The summed E-state index contributed by atoms with van der Waals surface area (Å²) in [6.07, 6.45) is 23.9. The molecule has 12 nitrogen and oxygen atoms in total. The standard InChI is InChI=1S/C43H70NO11P/c1-5-7-14-21-36(45)26-27-38-35(25-28-39(38)46)20-15-12-13-17-23-42(47)51-31-37(32-53-56(49,50)52-30-29-44)54-43(48)24-18-11-9-8-10-16-22-41-34(4)33(3)40(55-41)19-6-2/h12,15,25-28,35-38,45H,5-11,13-14,16-24,29-32,44H2,1-4H3,(H,49,50)/b15-12-,27-26+/t35-,36-,37+,38+/m0/s1. The molecule has 0 saturated carbocycles. The summed E-state index contributed by atoms with van der Waals surface area (Å²) >= 11 is 0. The largest absolute Gasteiger partial charge is 0.472 e. The van der Waals surface area contributed by atoms with Crippen molar-refractivity contribution in [3.63, 3.8) is 0 Å². The van der Waals surface area contributed by atoms with Gasteiger partial charge in [0.25, 0.3) is 0 Å². The average molecular weight is 808 g/mol. The number of hydrogen-bond acceptors (Lipinski definition) is 11. The van der Waals surface area contributed by atoms with Crippen molar-refractivity contribution < 1.29 is 51.9 Å². The molecule has 1 aromatic rings. The average Bonchev–Trinajstić information content (AvgIpc) is 3.66. The lowest BCUT2D eigenvalue weighted by Gasteiger charge is -2.19. The lowest BCUT2D eigenvalue weighted by atomic mass is 9.90. The Labute approximate surface area is 335 Å². The van der Waals surface area contributed by atoms with Crippen LogP contribution in [0.25, 0.3) is 0 Å². The molecule has 4 N–H and O–H groups in total. The van der Waals surface area contributed by atoms with Crippen molar-refractivity contribution in [1.82, 2.24) is 0 Å². The molecule has 0 fully saturated rings. The Balaban J connectivity index is 1.71. The fourth-order valence-electron chi connectivity index (χ4n) is 6.49. The van der Waals surface area contributed by atoms with Gasteiger partial charge in [-0.1, -0.05) is 89.2 Å². The zero-order valence-corrected chi connectivity index (χ0v) is 35.3. The van der Waals surface area contributed by atoms with E-state index in [1.807, 2.05) is 24.3 Å². The van der Waals surface area contributed by atoms with E-state index >= 15 is 0 Å². The van der Waals surface area contributed by atoms with Gasteiger partial charge < -0.3 is 29.6 Å². The van der Waals surface area contributed by atoms with Gasteiger partial charge in [0, 0.05) is 38.1 Å². The number of aliphatic hydroxyl groups is 1.